The van der Waals surface area contributed by atoms with E-state index in [1.54, 1.807) is 36.4 Å². The average Bonchev–Trinajstić information content (AvgIpc) is 2.94. The van der Waals surface area contributed by atoms with Crippen LogP contribution in [0.5, 0.6) is 0 Å². The number of primary sulfonamides is 1. The van der Waals surface area contributed by atoms with E-state index in [2.05, 4.69) is 10.3 Å². The molecule has 27 heavy (non-hydrogen) atoms. The molecule has 1 amide bonds. The van der Waals surface area contributed by atoms with Gasteiger partial charge in [0.15, 0.2) is 5.13 Å². The van der Waals surface area contributed by atoms with Gasteiger partial charge in [-0.05, 0) is 48.9 Å². The Bertz CT molecular complexity index is 1080. The number of hydrogen-bond donors (Lipinski definition) is 2. The minimum atomic E-state index is -3.70. The summed E-state index contributed by atoms with van der Waals surface area (Å²) in [4.78, 5) is 17.7. The van der Waals surface area contributed by atoms with Gasteiger partial charge in [0.1, 0.15) is 0 Å². The van der Waals surface area contributed by atoms with Gasteiger partial charge in [-0.3, -0.25) is 10.1 Å². The number of hydrogen-bond acceptors (Lipinski definition) is 5. The fraction of sp³-hybridized carbons (Fsp3) is 0.111. The second-order valence-electron chi connectivity index (χ2n) is 5.85. The van der Waals surface area contributed by atoms with Crippen LogP contribution in [-0.4, -0.2) is 19.3 Å². The molecule has 0 saturated heterocycles. The smallest absolute Gasteiger partial charge is 0.257 e. The molecular formula is C18H16ClN3O3S2. The number of nitrogens with zero attached hydrogens (tertiary/aromatic N) is 1. The number of rotatable bonds is 5. The van der Waals surface area contributed by atoms with Crippen molar-refractivity contribution in [2.75, 3.05) is 5.32 Å². The Hall–Kier alpha value is -2.26. The lowest BCUT2D eigenvalue weighted by atomic mass is 10.1. The number of thiazole rings is 1. The second-order valence-corrected chi connectivity index (χ2v) is 8.94. The van der Waals surface area contributed by atoms with Crippen LogP contribution in [0.4, 0.5) is 5.13 Å². The summed E-state index contributed by atoms with van der Waals surface area (Å²) in [6.07, 6.45) is 0.575. The highest BCUT2D eigenvalue weighted by Crippen LogP contribution is 2.26. The van der Waals surface area contributed by atoms with Crippen LogP contribution >= 0.6 is 22.9 Å². The van der Waals surface area contributed by atoms with Gasteiger partial charge in [0.05, 0.1) is 10.6 Å². The van der Waals surface area contributed by atoms with E-state index in [9.17, 15) is 13.2 Å². The van der Waals surface area contributed by atoms with Crippen LogP contribution in [0.15, 0.2) is 53.4 Å². The van der Waals surface area contributed by atoms with Crippen LogP contribution in [0.2, 0.25) is 5.02 Å². The molecule has 0 aliphatic heterocycles. The molecule has 0 aliphatic rings. The summed E-state index contributed by atoms with van der Waals surface area (Å²) in [5.41, 5.74) is 2.22. The van der Waals surface area contributed by atoms with Crippen LogP contribution in [0.25, 0.3) is 0 Å². The number of carbonyl (C=O) groups is 1. The van der Waals surface area contributed by atoms with Crippen LogP contribution in [0.1, 0.15) is 26.5 Å². The number of halogens is 1. The lowest BCUT2D eigenvalue weighted by Gasteiger charge is -2.02. The third-order valence-corrected chi connectivity index (χ3v) is 6.09. The van der Waals surface area contributed by atoms with E-state index in [0.717, 1.165) is 16.1 Å². The average molecular weight is 422 g/mol. The Balaban J connectivity index is 1.72. The Morgan fingerprint density at radius 2 is 1.78 bits per heavy atom. The molecule has 6 nitrogen and oxygen atoms in total. The maximum absolute atomic E-state index is 12.3. The molecule has 0 aliphatic carbocycles. The lowest BCUT2D eigenvalue weighted by molar-refractivity contribution is 0.102. The third kappa shape index (κ3) is 4.92. The highest BCUT2D eigenvalue weighted by molar-refractivity contribution is 7.89. The normalized spacial score (nSPS) is 11.4. The molecule has 0 atom stereocenters. The Morgan fingerprint density at radius 3 is 2.37 bits per heavy atom. The molecule has 1 aromatic heterocycles. The zero-order valence-electron chi connectivity index (χ0n) is 14.3. The molecule has 0 radical (unpaired) electrons. The van der Waals surface area contributed by atoms with Gasteiger partial charge >= 0.3 is 0 Å². The first kappa shape index (κ1) is 19.5. The summed E-state index contributed by atoms with van der Waals surface area (Å²) in [5, 5.41) is 8.96. The van der Waals surface area contributed by atoms with E-state index in [1.165, 1.54) is 23.5 Å². The molecule has 0 spiro atoms. The summed E-state index contributed by atoms with van der Waals surface area (Å²) in [7, 11) is -3.70. The number of nitrogens with two attached hydrogens (primary N) is 1. The van der Waals surface area contributed by atoms with Gasteiger partial charge in [0.25, 0.3) is 5.91 Å². The molecule has 0 bridgehead atoms. The van der Waals surface area contributed by atoms with Crippen molar-refractivity contribution in [3.05, 3.63) is 75.3 Å². The molecule has 0 fully saturated rings. The van der Waals surface area contributed by atoms with Crippen molar-refractivity contribution >= 4 is 44.0 Å². The number of anilines is 1. The number of amides is 1. The monoisotopic (exact) mass is 421 g/mol. The maximum atomic E-state index is 12.3. The lowest BCUT2D eigenvalue weighted by Crippen LogP contribution is -2.11. The first-order chi connectivity index (χ1) is 12.7. The van der Waals surface area contributed by atoms with Gasteiger partial charge < -0.3 is 0 Å². The fourth-order valence-electron chi connectivity index (χ4n) is 2.40. The SMILES string of the molecule is Cc1nc(NC(=O)c2ccc(Cl)cc2)sc1Cc1ccc(S(N)(=O)=O)cc1. The van der Waals surface area contributed by atoms with Crippen molar-refractivity contribution in [3.63, 3.8) is 0 Å². The van der Waals surface area contributed by atoms with Crippen molar-refractivity contribution < 1.29 is 13.2 Å². The highest BCUT2D eigenvalue weighted by atomic mass is 35.5. The summed E-state index contributed by atoms with van der Waals surface area (Å²) < 4.78 is 22.6. The number of nitrogens with one attached hydrogen (secondary N) is 1. The van der Waals surface area contributed by atoms with Crippen LogP contribution < -0.4 is 10.5 Å². The highest BCUT2D eigenvalue weighted by Gasteiger charge is 2.13. The number of carbonyl (C=O) groups excluding carboxylic acids is 1. The molecule has 1 heterocycles. The third-order valence-electron chi connectivity index (χ3n) is 3.84. The molecular weight excluding hydrogens is 406 g/mol. The van der Waals surface area contributed by atoms with Crippen molar-refractivity contribution in [1.29, 1.82) is 0 Å². The van der Waals surface area contributed by atoms with Gasteiger partial charge in [-0.1, -0.05) is 23.7 Å². The first-order valence-corrected chi connectivity index (χ1v) is 10.6. The van der Waals surface area contributed by atoms with E-state index >= 15 is 0 Å². The maximum Gasteiger partial charge on any atom is 0.257 e. The Morgan fingerprint density at radius 1 is 1.15 bits per heavy atom. The quantitative estimate of drug-likeness (QED) is 0.657. The number of sulfonamides is 1. The summed E-state index contributed by atoms with van der Waals surface area (Å²) in [6.45, 7) is 1.86. The molecule has 0 unspecified atom stereocenters. The van der Waals surface area contributed by atoms with Gasteiger partial charge in [-0.15, -0.1) is 11.3 Å². The van der Waals surface area contributed by atoms with Gasteiger partial charge in [0, 0.05) is 21.9 Å². The molecule has 3 rings (SSSR count). The molecule has 3 aromatic rings. The van der Waals surface area contributed by atoms with Crippen molar-refractivity contribution in [3.8, 4) is 0 Å². The molecule has 3 N–H and O–H groups in total. The molecule has 140 valence electrons. The summed E-state index contributed by atoms with van der Waals surface area (Å²) in [5.74, 6) is -0.260. The van der Waals surface area contributed by atoms with E-state index in [-0.39, 0.29) is 10.8 Å². The van der Waals surface area contributed by atoms with Gasteiger partial charge in [0.2, 0.25) is 10.0 Å². The molecule has 9 heteroatoms. The van der Waals surface area contributed by atoms with E-state index in [0.29, 0.717) is 22.1 Å². The van der Waals surface area contributed by atoms with Crippen LogP contribution in [0, 0.1) is 6.92 Å². The van der Waals surface area contributed by atoms with Crippen molar-refractivity contribution in [1.82, 2.24) is 4.98 Å². The van der Waals surface area contributed by atoms with E-state index in [1.807, 2.05) is 6.92 Å². The topological polar surface area (TPSA) is 102 Å². The van der Waals surface area contributed by atoms with Gasteiger partial charge in [-0.2, -0.15) is 0 Å². The van der Waals surface area contributed by atoms with Crippen molar-refractivity contribution in [2.24, 2.45) is 5.14 Å². The Kier molecular flexibility index (Phi) is 5.61. The minimum Gasteiger partial charge on any atom is -0.298 e. The predicted molar refractivity (Wildman–Crippen MR) is 107 cm³/mol. The predicted octanol–water partition coefficient (Wildman–Crippen LogP) is 3.60. The number of benzene rings is 2. The fourth-order valence-corrected chi connectivity index (χ4v) is 4.03. The number of aromatic nitrogens is 1. The Labute approximate surface area is 166 Å². The standard InChI is InChI=1S/C18H16ClN3O3S2/c1-11-16(10-12-2-8-15(9-3-12)27(20,24)25)26-18(21-11)22-17(23)13-4-6-14(19)7-5-13/h2-9H,10H2,1H3,(H2,20,24,25)(H,21,22,23). The largest absolute Gasteiger partial charge is 0.298 e. The first-order valence-electron chi connectivity index (χ1n) is 7.87. The number of aryl methyl sites for hydroxylation is 1. The van der Waals surface area contributed by atoms with Crippen molar-refractivity contribution in [2.45, 2.75) is 18.2 Å². The van der Waals surface area contributed by atoms with E-state index < -0.39 is 10.0 Å². The van der Waals surface area contributed by atoms with E-state index in [4.69, 9.17) is 16.7 Å². The minimum absolute atomic E-state index is 0.0724. The zero-order chi connectivity index (χ0) is 19.6. The summed E-state index contributed by atoms with van der Waals surface area (Å²) >= 11 is 7.21. The second kappa shape index (κ2) is 7.77. The van der Waals surface area contributed by atoms with Crippen LogP contribution in [0.3, 0.4) is 0 Å². The van der Waals surface area contributed by atoms with Crippen LogP contribution in [-0.2, 0) is 16.4 Å². The molecule has 0 saturated carbocycles. The summed E-state index contributed by atoms with van der Waals surface area (Å²) in [6, 6.07) is 13.0. The zero-order valence-corrected chi connectivity index (χ0v) is 16.7. The molecule has 2 aromatic carbocycles. The van der Waals surface area contributed by atoms with Gasteiger partial charge in [-0.25, -0.2) is 18.5 Å².